The van der Waals surface area contributed by atoms with Crippen molar-refractivity contribution < 1.29 is 15.0 Å². The fourth-order valence-corrected chi connectivity index (χ4v) is 1.98. The predicted octanol–water partition coefficient (Wildman–Crippen LogP) is 0.0268. The zero-order chi connectivity index (χ0) is 10.3. The number of rotatable bonds is 2. The number of aliphatic hydroxyl groups excluding tert-OH is 1. The number of nitrogens with zero attached hydrogens (tertiary/aromatic N) is 2. The lowest BCUT2D eigenvalue weighted by atomic mass is 10.1. The minimum atomic E-state index is -0.894. The Morgan fingerprint density at radius 2 is 2.43 bits per heavy atom. The van der Waals surface area contributed by atoms with Gasteiger partial charge in [0.1, 0.15) is 0 Å². The molecule has 0 radical (unpaired) electrons. The Morgan fingerprint density at radius 3 is 3.07 bits per heavy atom. The van der Waals surface area contributed by atoms with Gasteiger partial charge in [-0.15, -0.1) is 0 Å². The molecule has 0 saturated carbocycles. The summed E-state index contributed by atoms with van der Waals surface area (Å²) in [5, 5.41) is 22.5. The van der Waals surface area contributed by atoms with Crippen molar-refractivity contribution in [2.45, 2.75) is 25.4 Å². The SMILES string of the molecule is Cn1nc2c(c1CC(=O)O)C(O)CC2. The minimum Gasteiger partial charge on any atom is -0.481 e. The Hall–Kier alpha value is -1.36. The highest BCUT2D eigenvalue weighted by Gasteiger charge is 2.28. The van der Waals surface area contributed by atoms with E-state index in [0.717, 1.165) is 17.7 Å². The van der Waals surface area contributed by atoms with Crippen LogP contribution >= 0.6 is 0 Å². The number of aryl methyl sites for hydroxylation is 2. The molecule has 0 bridgehead atoms. The summed E-state index contributed by atoms with van der Waals surface area (Å²) in [7, 11) is 1.71. The van der Waals surface area contributed by atoms with Gasteiger partial charge in [-0.25, -0.2) is 0 Å². The van der Waals surface area contributed by atoms with Crippen LogP contribution in [0.2, 0.25) is 0 Å². The van der Waals surface area contributed by atoms with E-state index in [1.165, 1.54) is 0 Å². The average Bonchev–Trinajstić information content (AvgIpc) is 2.56. The first-order chi connectivity index (χ1) is 6.59. The van der Waals surface area contributed by atoms with Gasteiger partial charge in [-0.2, -0.15) is 5.10 Å². The van der Waals surface area contributed by atoms with Crippen LogP contribution in [0.4, 0.5) is 0 Å². The number of carbonyl (C=O) groups is 1. The number of carboxylic acid groups (broad SMARTS) is 1. The quantitative estimate of drug-likeness (QED) is 0.699. The second-order valence-electron chi connectivity index (χ2n) is 3.56. The zero-order valence-electron chi connectivity index (χ0n) is 7.90. The first-order valence-corrected chi connectivity index (χ1v) is 4.54. The summed E-state index contributed by atoms with van der Waals surface area (Å²) in [5.41, 5.74) is 2.20. The summed E-state index contributed by atoms with van der Waals surface area (Å²) in [6.45, 7) is 0. The second kappa shape index (κ2) is 3.09. The van der Waals surface area contributed by atoms with Crippen LogP contribution in [0.5, 0.6) is 0 Å². The molecular formula is C9H12N2O3. The van der Waals surface area contributed by atoms with Gasteiger partial charge in [-0.1, -0.05) is 0 Å². The standard InChI is InChI=1S/C9H12N2O3/c1-11-6(4-8(13)14)9-5(10-11)2-3-7(9)12/h7,12H,2-4H2,1H3,(H,13,14). The molecule has 0 spiro atoms. The number of aliphatic hydroxyl groups is 1. The molecule has 1 aliphatic carbocycles. The summed E-state index contributed by atoms with van der Waals surface area (Å²) in [6.07, 6.45) is 0.790. The molecule has 1 aromatic rings. The highest BCUT2D eigenvalue weighted by Crippen LogP contribution is 2.33. The van der Waals surface area contributed by atoms with Gasteiger partial charge < -0.3 is 10.2 Å². The maximum absolute atomic E-state index is 10.6. The van der Waals surface area contributed by atoms with E-state index >= 15 is 0 Å². The van der Waals surface area contributed by atoms with Gasteiger partial charge >= 0.3 is 5.97 Å². The highest BCUT2D eigenvalue weighted by molar-refractivity contribution is 5.70. The first kappa shape index (κ1) is 9.21. The van der Waals surface area contributed by atoms with Crippen molar-refractivity contribution in [3.05, 3.63) is 17.0 Å². The van der Waals surface area contributed by atoms with Gasteiger partial charge in [0.2, 0.25) is 0 Å². The van der Waals surface area contributed by atoms with Crippen LogP contribution in [0, 0.1) is 0 Å². The van der Waals surface area contributed by atoms with Gasteiger partial charge in [-0.05, 0) is 12.8 Å². The van der Waals surface area contributed by atoms with Gasteiger partial charge in [0, 0.05) is 12.6 Å². The van der Waals surface area contributed by atoms with Gasteiger partial charge in [0.05, 0.1) is 23.9 Å². The smallest absolute Gasteiger partial charge is 0.309 e. The average molecular weight is 196 g/mol. The molecule has 76 valence electrons. The van der Waals surface area contributed by atoms with Crippen molar-refractivity contribution in [1.82, 2.24) is 9.78 Å². The van der Waals surface area contributed by atoms with E-state index in [1.54, 1.807) is 11.7 Å². The number of hydrogen-bond acceptors (Lipinski definition) is 3. The highest BCUT2D eigenvalue weighted by atomic mass is 16.4. The Labute approximate surface area is 81.0 Å². The molecule has 5 nitrogen and oxygen atoms in total. The number of carboxylic acids is 1. The molecular weight excluding hydrogens is 184 g/mol. The largest absolute Gasteiger partial charge is 0.481 e. The van der Waals surface area contributed by atoms with E-state index in [-0.39, 0.29) is 6.42 Å². The van der Waals surface area contributed by atoms with Crippen molar-refractivity contribution in [2.24, 2.45) is 7.05 Å². The van der Waals surface area contributed by atoms with Gasteiger partial charge in [-0.3, -0.25) is 9.48 Å². The molecule has 0 aromatic carbocycles. The van der Waals surface area contributed by atoms with Crippen LogP contribution in [0.25, 0.3) is 0 Å². The maximum atomic E-state index is 10.6. The lowest BCUT2D eigenvalue weighted by Gasteiger charge is -2.05. The number of aromatic nitrogens is 2. The zero-order valence-corrected chi connectivity index (χ0v) is 7.90. The van der Waals surface area contributed by atoms with Gasteiger partial charge in [0.15, 0.2) is 0 Å². The molecule has 1 unspecified atom stereocenters. The minimum absolute atomic E-state index is 0.0735. The van der Waals surface area contributed by atoms with Crippen LogP contribution in [0.15, 0.2) is 0 Å². The third kappa shape index (κ3) is 1.29. The lowest BCUT2D eigenvalue weighted by Crippen LogP contribution is -2.09. The van der Waals surface area contributed by atoms with E-state index in [2.05, 4.69) is 5.10 Å². The van der Waals surface area contributed by atoms with Crippen LogP contribution in [-0.4, -0.2) is 26.0 Å². The second-order valence-corrected chi connectivity index (χ2v) is 3.56. The molecule has 1 atom stereocenters. The molecule has 1 aromatic heterocycles. The normalized spacial score (nSPS) is 19.7. The molecule has 0 amide bonds. The van der Waals surface area contributed by atoms with E-state index in [1.807, 2.05) is 0 Å². The Balaban J connectivity index is 2.43. The summed E-state index contributed by atoms with van der Waals surface area (Å²) >= 11 is 0. The van der Waals surface area contributed by atoms with Crippen LogP contribution in [0.3, 0.4) is 0 Å². The van der Waals surface area contributed by atoms with Crippen LogP contribution in [0.1, 0.15) is 29.5 Å². The lowest BCUT2D eigenvalue weighted by molar-refractivity contribution is -0.136. The maximum Gasteiger partial charge on any atom is 0.309 e. The van der Waals surface area contributed by atoms with E-state index in [4.69, 9.17) is 5.11 Å². The molecule has 1 heterocycles. The molecule has 0 fully saturated rings. The molecule has 14 heavy (non-hydrogen) atoms. The summed E-state index contributed by atoms with van der Waals surface area (Å²) in [5.74, 6) is -0.894. The van der Waals surface area contributed by atoms with Gasteiger partial charge in [0.25, 0.3) is 0 Å². The van der Waals surface area contributed by atoms with Crippen molar-refractivity contribution in [2.75, 3.05) is 0 Å². The summed E-state index contributed by atoms with van der Waals surface area (Å²) in [4.78, 5) is 10.6. The number of aliphatic carboxylic acids is 1. The molecule has 5 heteroatoms. The molecule has 0 saturated heterocycles. The monoisotopic (exact) mass is 196 g/mol. The number of hydrogen-bond donors (Lipinski definition) is 2. The Morgan fingerprint density at radius 1 is 1.71 bits per heavy atom. The van der Waals surface area contributed by atoms with E-state index < -0.39 is 12.1 Å². The third-order valence-electron chi connectivity index (χ3n) is 2.59. The summed E-state index contributed by atoms with van der Waals surface area (Å²) in [6, 6.07) is 0. The van der Waals surface area contributed by atoms with Crippen molar-refractivity contribution in [1.29, 1.82) is 0 Å². The van der Waals surface area contributed by atoms with Crippen molar-refractivity contribution >= 4 is 5.97 Å². The van der Waals surface area contributed by atoms with E-state index in [9.17, 15) is 9.90 Å². The number of fused-ring (bicyclic) bond motifs is 1. The topological polar surface area (TPSA) is 75.4 Å². The molecule has 0 aliphatic heterocycles. The molecule has 2 N–H and O–H groups in total. The summed E-state index contributed by atoms with van der Waals surface area (Å²) < 4.78 is 1.56. The third-order valence-corrected chi connectivity index (χ3v) is 2.59. The van der Waals surface area contributed by atoms with Crippen molar-refractivity contribution in [3.63, 3.8) is 0 Å². The van der Waals surface area contributed by atoms with Crippen molar-refractivity contribution in [3.8, 4) is 0 Å². The predicted molar refractivity (Wildman–Crippen MR) is 47.8 cm³/mol. The van der Waals surface area contributed by atoms with Crippen LogP contribution < -0.4 is 0 Å². The fourth-order valence-electron chi connectivity index (χ4n) is 1.98. The first-order valence-electron chi connectivity index (χ1n) is 4.54. The fraction of sp³-hybridized carbons (Fsp3) is 0.556. The Kier molecular flexibility index (Phi) is 2.03. The molecule has 2 rings (SSSR count). The molecule has 1 aliphatic rings. The van der Waals surface area contributed by atoms with Crippen LogP contribution in [-0.2, 0) is 24.7 Å². The Bertz CT molecular complexity index is 384. The van der Waals surface area contributed by atoms with E-state index in [0.29, 0.717) is 12.1 Å².